The zero-order valence-corrected chi connectivity index (χ0v) is 11.7. The third kappa shape index (κ3) is 3.19. The van der Waals surface area contributed by atoms with Gasteiger partial charge in [0.15, 0.2) is 11.5 Å². The Morgan fingerprint density at radius 2 is 2.05 bits per heavy atom. The first-order chi connectivity index (χ1) is 10.0. The van der Waals surface area contributed by atoms with E-state index >= 15 is 0 Å². The van der Waals surface area contributed by atoms with Crippen molar-refractivity contribution >= 4 is 11.5 Å². The molecule has 0 unspecified atom stereocenters. The van der Waals surface area contributed by atoms with E-state index in [-0.39, 0.29) is 17.4 Å². The first-order valence-electron chi connectivity index (χ1n) is 6.30. The molecule has 1 aromatic heterocycles. The lowest BCUT2D eigenvalue weighted by Gasteiger charge is -2.11. The molecule has 0 fully saturated rings. The van der Waals surface area contributed by atoms with Crippen molar-refractivity contribution in [3.05, 3.63) is 46.0 Å². The minimum Gasteiger partial charge on any atom is -0.493 e. The molecule has 2 aromatic rings. The Bertz CT molecular complexity index is 673. The summed E-state index contributed by atoms with van der Waals surface area (Å²) in [7, 11) is 1.54. The Hall–Kier alpha value is -2.83. The quantitative estimate of drug-likeness (QED) is 0.670. The number of hydrogen-bond acceptors (Lipinski definition) is 6. The van der Waals surface area contributed by atoms with E-state index in [9.17, 15) is 10.1 Å². The molecule has 1 heterocycles. The van der Waals surface area contributed by atoms with Crippen molar-refractivity contribution in [2.24, 2.45) is 0 Å². The van der Waals surface area contributed by atoms with Gasteiger partial charge in [-0.2, -0.15) is 4.98 Å². The number of nitrogen functional groups attached to an aromatic ring is 1. The number of rotatable bonds is 5. The Morgan fingerprint density at radius 1 is 1.29 bits per heavy atom. The van der Waals surface area contributed by atoms with Crippen molar-refractivity contribution in [3.8, 4) is 17.4 Å². The number of methoxy groups -OCH3 is 1. The number of hydrogen-bond donors (Lipinski definition) is 1. The average Bonchev–Trinajstić information content (AvgIpc) is 2.47. The monoisotopic (exact) mass is 289 g/mol. The maximum atomic E-state index is 10.7. The predicted molar refractivity (Wildman–Crippen MR) is 77.7 cm³/mol. The lowest BCUT2D eigenvalue weighted by molar-refractivity contribution is -0.384. The van der Waals surface area contributed by atoms with Gasteiger partial charge in [-0.3, -0.25) is 10.1 Å². The van der Waals surface area contributed by atoms with Crippen LogP contribution in [0.1, 0.15) is 12.5 Å². The van der Waals surface area contributed by atoms with Gasteiger partial charge in [-0.25, -0.2) is 0 Å². The smallest absolute Gasteiger partial charge is 0.311 e. The normalized spacial score (nSPS) is 10.2. The highest BCUT2D eigenvalue weighted by Crippen LogP contribution is 2.33. The second kappa shape index (κ2) is 6.08. The molecule has 0 atom stereocenters. The number of benzene rings is 1. The molecule has 1 aromatic carbocycles. The Kier molecular flexibility index (Phi) is 4.22. The summed E-state index contributed by atoms with van der Waals surface area (Å²) >= 11 is 0. The summed E-state index contributed by atoms with van der Waals surface area (Å²) in [4.78, 5) is 14.0. The van der Waals surface area contributed by atoms with Gasteiger partial charge in [0.1, 0.15) is 0 Å². The first kappa shape index (κ1) is 14.6. The van der Waals surface area contributed by atoms with Gasteiger partial charge in [0.2, 0.25) is 11.7 Å². The molecule has 0 aliphatic rings. The lowest BCUT2D eigenvalue weighted by atomic mass is 10.1. The van der Waals surface area contributed by atoms with Crippen molar-refractivity contribution < 1.29 is 14.4 Å². The number of aryl methyl sites for hydroxylation is 1. The van der Waals surface area contributed by atoms with Crippen molar-refractivity contribution in [2.75, 3.05) is 12.8 Å². The highest BCUT2D eigenvalue weighted by molar-refractivity contribution is 5.54. The van der Waals surface area contributed by atoms with E-state index in [1.165, 1.54) is 12.1 Å². The molecule has 110 valence electrons. The van der Waals surface area contributed by atoms with E-state index in [0.717, 1.165) is 12.0 Å². The zero-order chi connectivity index (χ0) is 15.4. The van der Waals surface area contributed by atoms with Gasteiger partial charge in [0.25, 0.3) is 0 Å². The number of nitrogens with zero attached hydrogens (tertiary/aromatic N) is 2. The number of pyridine rings is 1. The molecule has 7 heteroatoms. The fourth-order valence-electron chi connectivity index (χ4n) is 1.79. The van der Waals surface area contributed by atoms with Gasteiger partial charge in [-0.05, 0) is 24.1 Å². The standard InChI is InChI=1S/C14H15N3O4/c1-3-9-4-6-11(12(8-9)20-2)21-13-7-5-10(17(18)19)14(15)16-13/h4-8H,3H2,1-2H3,(H2,15,16). The van der Waals surface area contributed by atoms with Crippen LogP contribution in [-0.2, 0) is 6.42 Å². The molecule has 0 saturated carbocycles. The number of anilines is 1. The van der Waals surface area contributed by atoms with Crippen LogP contribution in [0.15, 0.2) is 30.3 Å². The van der Waals surface area contributed by atoms with Crippen molar-refractivity contribution in [1.82, 2.24) is 4.98 Å². The molecule has 0 saturated heterocycles. The van der Waals surface area contributed by atoms with Crippen LogP contribution in [0.2, 0.25) is 0 Å². The van der Waals surface area contributed by atoms with Gasteiger partial charge < -0.3 is 15.2 Å². The fourth-order valence-corrected chi connectivity index (χ4v) is 1.79. The third-order valence-corrected chi connectivity index (χ3v) is 2.92. The average molecular weight is 289 g/mol. The van der Waals surface area contributed by atoms with Crippen molar-refractivity contribution in [2.45, 2.75) is 13.3 Å². The third-order valence-electron chi connectivity index (χ3n) is 2.92. The predicted octanol–water partition coefficient (Wildman–Crippen LogP) is 2.94. The minimum absolute atomic E-state index is 0.167. The molecule has 0 aliphatic heterocycles. The summed E-state index contributed by atoms with van der Waals surface area (Å²) in [6.07, 6.45) is 0.874. The number of nitro groups is 1. The van der Waals surface area contributed by atoms with Crippen LogP contribution in [0.25, 0.3) is 0 Å². The van der Waals surface area contributed by atoms with E-state index in [1.807, 2.05) is 19.1 Å². The van der Waals surface area contributed by atoms with Crippen LogP contribution in [0, 0.1) is 10.1 Å². The second-order valence-corrected chi connectivity index (χ2v) is 4.25. The lowest BCUT2D eigenvalue weighted by Crippen LogP contribution is -2.00. The van der Waals surface area contributed by atoms with E-state index in [4.69, 9.17) is 15.2 Å². The summed E-state index contributed by atoms with van der Waals surface area (Å²) in [5.41, 5.74) is 6.38. The highest BCUT2D eigenvalue weighted by atomic mass is 16.6. The first-order valence-corrected chi connectivity index (χ1v) is 6.30. The van der Waals surface area contributed by atoms with Gasteiger partial charge in [-0.15, -0.1) is 0 Å². The number of nitrogens with two attached hydrogens (primary N) is 1. The Balaban J connectivity index is 2.30. The Labute approximate surface area is 121 Å². The molecule has 0 amide bonds. The molecule has 0 aliphatic carbocycles. The molecule has 7 nitrogen and oxygen atoms in total. The molecule has 0 spiro atoms. The molecular weight excluding hydrogens is 274 g/mol. The number of aromatic nitrogens is 1. The van der Waals surface area contributed by atoms with E-state index in [0.29, 0.717) is 11.5 Å². The van der Waals surface area contributed by atoms with Crippen LogP contribution < -0.4 is 15.2 Å². The SMILES string of the molecule is CCc1ccc(Oc2ccc([N+](=O)[O-])c(N)n2)c(OC)c1. The molecule has 2 rings (SSSR count). The van der Waals surface area contributed by atoms with Gasteiger partial charge in [-0.1, -0.05) is 13.0 Å². The minimum atomic E-state index is -0.595. The fraction of sp³-hybridized carbons (Fsp3) is 0.214. The van der Waals surface area contributed by atoms with Gasteiger partial charge in [0, 0.05) is 12.1 Å². The summed E-state index contributed by atoms with van der Waals surface area (Å²) in [6.45, 7) is 2.04. The van der Waals surface area contributed by atoms with Crippen LogP contribution in [0.3, 0.4) is 0 Å². The Morgan fingerprint density at radius 3 is 2.62 bits per heavy atom. The van der Waals surface area contributed by atoms with Crippen LogP contribution >= 0.6 is 0 Å². The van der Waals surface area contributed by atoms with E-state index in [2.05, 4.69) is 4.98 Å². The zero-order valence-electron chi connectivity index (χ0n) is 11.7. The summed E-state index contributed by atoms with van der Waals surface area (Å²) in [5.74, 6) is 1.01. The van der Waals surface area contributed by atoms with Gasteiger partial charge >= 0.3 is 5.69 Å². The molecular formula is C14H15N3O4. The maximum absolute atomic E-state index is 10.7. The van der Waals surface area contributed by atoms with E-state index in [1.54, 1.807) is 13.2 Å². The molecule has 0 bridgehead atoms. The van der Waals surface area contributed by atoms with Crippen molar-refractivity contribution in [1.29, 1.82) is 0 Å². The summed E-state index contributed by atoms with van der Waals surface area (Å²) < 4.78 is 10.8. The topological polar surface area (TPSA) is 101 Å². The molecule has 21 heavy (non-hydrogen) atoms. The molecule has 2 N–H and O–H groups in total. The maximum Gasteiger partial charge on any atom is 0.311 e. The number of ether oxygens (including phenoxy) is 2. The van der Waals surface area contributed by atoms with Gasteiger partial charge in [0.05, 0.1) is 12.0 Å². The second-order valence-electron chi connectivity index (χ2n) is 4.25. The van der Waals surface area contributed by atoms with Crippen LogP contribution in [0.4, 0.5) is 11.5 Å². The largest absolute Gasteiger partial charge is 0.493 e. The molecule has 0 radical (unpaired) electrons. The summed E-state index contributed by atoms with van der Waals surface area (Å²) in [5, 5.41) is 10.7. The van der Waals surface area contributed by atoms with E-state index < -0.39 is 4.92 Å². The van der Waals surface area contributed by atoms with Crippen molar-refractivity contribution in [3.63, 3.8) is 0 Å². The summed E-state index contributed by atoms with van der Waals surface area (Å²) in [6, 6.07) is 8.18. The van der Waals surface area contributed by atoms with Crippen LogP contribution in [0.5, 0.6) is 17.4 Å². The van der Waals surface area contributed by atoms with Crippen LogP contribution in [-0.4, -0.2) is 17.0 Å². The highest BCUT2D eigenvalue weighted by Gasteiger charge is 2.14.